The molecule has 19 heteroatoms. The lowest BCUT2D eigenvalue weighted by atomic mass is 10.1. The van der Waals surface area contributed by atoms with Crippen LogP contribution in [0.1, 0.15) is 53.3 Å². The van der Waals surface area contributed by atoms with Crippen molar-refractivity contribution >= 4 is 43.2 Å². The number of halogens is 8. The van der Waals surface area contributed by atoms with Crippen LogP contribution in [0.5, 0.6) is 5.88 Å². The number of alkyl halides is 6. The summed E-state index contributed by atoms with van der Waals surface area (Å²) >= 11 is 5.87. The van der Waals surface area contributed by atoms with Crippen molar-refractivity contribution in [2.24, 2.45) is 0 Å². The van der Waals surface area contributed by atoms with Gasteiger partial charge in [0.2, 0.25) is 12.0 Å². The van der Waals surface area contributed by atoms with E-state index in [-0.39, 0.29) is 61.7 Å². The molecule has 2 aromatic heterocycles. The highest BCUT2D eigenvalue weighted by Crippen LogP contribution is 2.39. The number of benzene rings is 2. The van der Waals surface area contributed by atoms with Crippen molar-refractivity contribution in [2.75, 3.05) is 0 Å². The average molecular weight is 844 g/mol. The minimum absolute atomic E-state index is 0. The highest BCUT2D eigenvalue weighted by Gasteiger charge is 2.44. The second-order valence-electron chi connectivity index (χ2n) is 10.2. The van der Waals surface area contributed by atoms with Gasteiger partial charge in [-0.05, 0) is 65.1 Å². The van der Waals surface area contributed by atoms with Gasteiger partial charge in [-0.15, -0.1) is 0 Å². The molecule has 0 bridgehead atoms. The Morgan fingerprint density at radius 3 is 1.64 bits per heavy atom. The largest absolute Gasteiger partial charge is 0.459 e. The molecule has 2 atom stereocenters. The first-order valence-corrected chi connectivity index (χ1v) is 15.1. The van der Waals surface area contributed by atoms with Crippen molar-refractivity contribution < 1.29 is 46.0 Å². The molecule has 50 heavy (non-hydrogen) atoms. The number of aryl methyl sites for hydroxylation is 4. The lowest BCUT2D eigenvalue weighted by molar-refractivity contribution is -0.386. The number of nitrogens with zero attached hydrogens (tertiary/aromatic N) is 3. The molecule has 2 unspecified atom stereocenters. The molecular formula is C31H30Br2F6N4O7. The van der Waals surface area contributed by atoms with Crippen molar-refractivity contribution in [1.82, 2.24) is 9.97 Å². The fraction of sp³-hybridized carbons (Fsp3) is 0.290. The van der Waals surface area contributed by atoms with E-state index in [0.717, 1.165) is 17.2 Å². The third kappa shape index (κ3) is 12.5. The molecule has 0 amide bonds. The molecule has 0 spiro atoms. The smallest absolute Gasteiger partial charge is 0.429 e. The van der Waals surface area contributed by atoms with Gasteiger partial charge in [0.15, 0.2) is 6.10 Å². The summed E-state index contributed by atoms with van der Waals surface area (Å²) in [5, 5.41) is 30.0. The molecule has 0 aliphatic heterocycles. The Kier molecular flexibility index (Phi) is 15.8. The zero-order valence-electron chi connectivity index (χ0n) is 25.7. The molecule has 0 radical (unpaired) electrons. The summed E-state index contributed by atoms with van der Waals surface area (Å²) in [7, 11) is 0. The van der Waals surface area contributed by atoms with Crippen molar-refractivity contribution in [2.45, 2.75) is 59.7 Å². The summed E-state index contributed by atoms with van der Waals surface area (Å²) in [4.78, 5) is 37.0. The SMILES string of the molecule is C.Cc1[nH]c(=O)c(Br)cc1[N+](=O)[O-].Cc1ccc(C(O)C(F)(F)F)cc1.Cc1ccc(C(Oc2nc(C)c([N+](=O)[O-])cc2Br)C(F)(F)F)cc1. The summed E-state index contributed by atoms with van der Waals surface area (Å²) in [5.41, 5.74) is 0.906. The van der Waals surface area contributed by atoms with E-state index in [0.29, 0.717) is 0 Å². The third-order valence-corrected chi connectivity index (χ3v) is 7.43. The van der Waals surface area contributed by atoms with E-state index < -0.39 is 34.4 Å². The first kappa shape index (κ1) is 43.7. The maximum absolute atomic E-state index is 13.4. The molecular weight excluding hydrogens is 814 g/mol. The van der Waals surface area contributed by atoms with E-state index in [4.69, 9.17) is 9.84 Å². The highest BCUT2D eigenvalue weighted by atomic mass is 79.9. The van der Waals surface area contributed by atoms with Crippen LogP contribution >= 0.6 is 31.9 Å². The second-order valence-corrected chi connectivity index (χ2v) is 11.9. The van der Waals surface area contributed by atoms with Crippen LogP contribution in [0.15, 0.2) is 74.4 Å². The van der Waals surface area contributed by atoms with E-state index in [1.54, 1.807) is 26.0 Å². The number of pyridine rings is 2. The lowest BCUT2D eigenvalue weighted by Gasteiger charge is -2.22. The predicted molar refractivity (Wildman–Crippen MR) is 179 cm³/mol. The summed E-state index contributed by atoms with van der Waals surface area (Å²) < 4.78 is 81.2. The summed E-state index contributed by atoms with van der Waals surface area (Å²) in [6.45, 7) is 6.33. The van der Waals surface area contributed by atoms with Gasteiger partial charge in [0.05, 0.1) is 24.5 Å². The van der Waals surface area contributed by atoms with Crippen LogP contribution in [0, 0.1) is 47.9 Å². The van der Waals surface area contributed by atoms with Gasteiger partial charge in [-0.3, -0.25) is 25.0 Å². The number of rotatable bonds is 6. The van der Waals surface area contributed by atoms with E-state index in [1.165, 1.54) is 56.3 Å². The molecule has 11 nitrogen and oxygen atoms in total. The summed E-state index contributed by atoms with van der Waals surface area (Å²) in [5.74, 6) is -0.360. The van der Waals surface area contributed by atoms with Crippen LogP contribution in [0.25, 0.3) is 0 Å². The molecule has 0 fully saturated rings. The van der Waals surface area contributed by atoms with Gasteiger partial charge in [-0.1, -0.05) is 67.1 Å². The molecule has 0 aliphatic carbocycles. The number of aliphatic hydroxyl groups excluding tert-OH is 1. The van der Waals surface area contributed by atoms with Crippen LogP contribution in [0.2, 0.25) is 0 Å². The number of hydrogen-bond acceptors (Lipinski definition) is 8. The number of nitrogens with one attached hydrogen (secondary N) is 1. The third-order valence-electron chi connectivity index (χ3n) is 6.28. The van der Waals surface area contributed by atoms with Crippen LogP contribution < -0.4 is 10.3 Å². The molecule has 2 N–H and O–H groups in total. The molecule has 4 rings (SSSR count). The van der Waals surface area contributed by atoms with E-state index in [2.05, 4.69) is 41.8 Å². The minimum atomic E-state index is -4.67. The number of H-pyrrole nitrogens is 1. The maximum Gasteiger partial charge on any atom is 0.429 e. The topological polar surface area (TPSA) is 161 Å². The number of aliphatic hydroxyl groups is 1. The van der Waals surface area contributed by atoms with E-state index in [1.807, 2.05) is 0 Å². The Morgan fingerprint density at radius 2 is 1.22 bits per heavy atom. The second kappa shape index (κ2) is 18.0. The van der Waals surface area contributed by atoms with Gasteiger partial charge < -0.3 is 14.8 Å². The molecule has 0 aliphatic rings. The average Bonchev–Trinajstić information content (AvgIpc) is 2.99. The number of nitro groups is 2. The number of aromatic nitrogens is 2. The quantitative estimate of drug-likeness (QED) is 0.110. The lowest BCUT2D eigenvalue weighted by Crippen LogP contribution is -2.26. The molecule has 4 aromatic rings. The predicted octanol–water partition coefficient (Wildman–Crippen LogP) is 9.63. The molecule has 272 valence electrons. The Hall–Kier alpha value is -4.36. The normalized spacial score (nSPS) is 12.2. The minimum Gasteiger partial charge on any atom is -0.459 e. The number of aromatic amines is 1. The van der Waals surface area contributed by atoms with Gasteiger partial charge in [-0.2, -0.15) is 26.3 Å². The first-order chi connectivity index (χ1) is 22.5. The van der Waals surface area contributed by atoms with Gasteiger partial charge in [-0.25, -0.2) is 4.98 Å². The van der Waals surface area contributed by atoms with Crippen molar-refractivity contribution in [3.8, 4) is 5.88 Å². The monoisotopic (exact) mass is 842 g/mol. The van der Waals surface area contributed by atoms with Crippen molar-refractivity contribution in [3.05, 3.63) is 134 Å². The zero-order chi connectivity index (χ0) is 37.4. The Labute approximate surface area is 297 Å². The van der Waals surface area contributed by atoms with E-state index in [9.17, 15) is 51.4 Å². The van der Waals surface area contributed by atoms with Crippen LogP contribution in [-0.4, -0.2) is 37.3 Å². The van der Waals surface area contributed by atoms with Crippen molar-refractivity contribution in [3.63, 3.8) is 0 Å². The standard InChI is InChI=1S/C15H12BrF3N2O3.C9H9F3O.C6H5BrN2O3.CH4/c1-8-3-5-10(6-4-8)13(15(17,18)19)24-14-11(16)7-12(21(22)23)9(2)20-14;1-6-2-4-7(5-3-6)8(13)9(10,11)12;1-3-5(9(11)12)2-4(7)6(10)8-3;/h3-7,13H,1-2H3;2-5,8,13H,1H3;2H,1H3,(H,8,10);1H4. The van der Waals surface area contributed by atoms with Gasteiger partial charge >= 0.3 is 12.4 Å². The Morgan fingerprint density at radius 1 is 0.780 bits per heavy atom. The fourth-order valence-electron chi connectivity index (χ4n) is 3.71. The zero-order valence-corrected chi connectivity index (χ0v) is 28.9. The Bertz CT molecular complexity index is 1840. The molecule has 2 heterocycles. The molecule has 0 saturated carbocycles. The van der Waals surface area contributed by atoms with Gasteiger partial charge in [0.25, 0.3) is 16.9 Å². The Balaban J connectivity index is 0.000000407. The summed E-state index contributed by atoms with van der Waals surface area (Å²) in [6, 6.07) is 13.6. The highest BCUT2D eigenvalue weighted by molar-refractivity contribution is 9.10. The van der Waals surface area contributed by atoms with Gasteiger partial charge in [0.1, 0.15) is 5.69 Å². The number of hydrogen-bond donors (Lipinski definition) is 2. The van der Waals surface area contributed by atoms with Crippen LogP contribution in [-0.2, 0) is 0 Å². The van der Waals surface area contributed by atoms with Crippen LogP contribution in [0.4, 0.5) is 37.7 Å². The van der Waals surface area contributed by atoms with Crippen LogP contribution in [0.3, 0.4) is 0 Å². The molecule has 2 aromatic carbocycles. The number of ether oxygens (including phenoxy) is 1. The molecule has 0 saturated heterocycles. The van der Waals surface area contributed by atoms with Crippen molar-refractivity contribution in [1.29, 1.82) is 0 Å². The maximum atomic E-state index is 13.4. The first-order valence-electron chi connectivity index (χ1n) is 13.5. The van der Waals surface area contributed by atoms with Gasteiger partial charge in [0, 0.05) is 17.7 Å². The summed E-state index contributed by atoms with van der Waals surface area (Å²) in [6.07, 6.45) is -13.9. The van der Waals surface area contributed by atoms with E-state index >= 15 is 0 Å². The fourth-order valence-corrected chi connectivity index (χ4v) is 4.42.